The monoisotopic (exact) mass is 366 g/mol. The number of thiocarbonyl (C=S) groups is 1. The third-order valence-electron chi connectivity index (χ3n) is 2.97. The van der Waals surface area contributed by atoms with Gasteiger partial charge in [0.15, 0.2) is 5.11 Å². The number of benzene rings is 2. The van der Waals surface area contributed by atoms with Crippen molar-refractivity contribution in [2.45, 2.75) is 12.8 Å². The van der Waals surface area contributed by atoms with Gasteiger partial charge in [0, 0.05) is 17.1 Å². The molecule has 0 saturated heterocycles. The maximum absolute atomic E-state index is 13.1. The fraction of sp³-hybridized carbons (Fsp3) is 0.176. The van der Waals surface area contributed by atoms with Gasteiger partial charge in [-0.05, 0) is 61.1 Å². The van der Waals surface area contributed by atoms with Crippen LogP contribution < -0.4 is 15.4 Å². The van der Waals surface area contributed by atoms with Gasteiger partial charge >= 0.3 is 0 Å². The van der Waals surface area contributed by atoms with Gasteiger partial charge in [-0.2, -0.15) is 0 Å². The third kappa shape index (κ3) is 6.52. The molecule has 2 rings (SSSR count). The molecule has 0 radical (unpaired) electrons. The van der Waals surface area contributed by atoms with Gasteiger partial charge in [0.2, 0.25) is 5.91 Å². The highest BCUT2D eigenvalue weighted by atomic mass is 35.5. The Morgan fingerprint density at radius 1 is 1.21 bits per heavy atom. The SMILES string of the molecule is O=C(CCCOc1ccc(Cl)cc1)NC(=S)Nc1cccc(F)c1. The molecule has 0 heterocycles. The van der Waals surface area contributed by atoms with Crippen LogP contribution >= 0.6 is 23.8 Å². The Labute approximate surface area is 150 Å². The number of halogens is 2. The summed E-state index contributed by atoms with van der Waals surface area (Å²) in [6, 6.07) is 12.8. The van der Waals surface area contributed by atoms with Gasteiger partial charge in [0.05, 0.1) is 6.61 Å². The second kappa shape index (κ2) is 9.20. The summed E-state index contributed by atoms with van der Waals surface area (Å²) in [7, 11) is 0. The number of ether oxygens (including phenoxy) is 1. The Kier molecular flexibility index (Phi) is 6.96. The van der Waals surface area contributed by atoms with Crippen LogP contribution in [0.15, 0.2) is 48.5 Å². The van der Waals surface area contributed by atoms with E-state index >= 15 is 0 Å². The molecule has 0 aliphatic carbocycles. The summed E-state index contributed by atoms with van der Waals surface area (Å²) in [5.74, 6) is 0.0835. The molecular formula is C17H16ClFN2O2S. The van der Waals surface area contributed by atoms with E-state index in [2.05, 4.69) is 10.6 Å². The van der Waals surface area contributed by atoms with E-state index in [1.165, 1.54) is 12.1 Å². The molecule has 24 heavy (non-hydrogen) atoms. The smallest absolute Gasteiger partial charge is 0.226 e. The van der Waals surface area contributed by atoms with E-state index in [1.54, 1.807) is 36.4 Å². The molecule has 0 aliphatic heterocycles. The number of carbonyl (C=O) groups is 1. The summed E-state index contributed by atoms with van der Waals surface area (Å²) in [4.78, 5) is 11.8. The first-order valence-electron chi connectivity index (χ1n) is 7.28. The Balaban J connectivity index is 1.65. The molecule has 0 saturated carbocycles. The fourth-order valence-electron chi connectivity index (χ4n) is 1.87. The molecule has 4 nitrogen and oxygen atoms in total. The van der Waals surface area contributed by atoms with Crippen LogP contribution in [0.25, 0.3) is 0 Å². The summed E-state index contributed by atoms with van der Waals surface area (Å²) in [5.41, 5.74) is 0.478. The van der Waals surface area contributed by atoms with E-state index in [0.29, 0.717) is 29.5 Å². The van der Waals surface area contributed by atoms with Crippen LogP contribution in [0.5, 0.6) is 5.75 Å². The summed E-state index contributed by atoms with van der Waals surface area (Å²) in [6.45, 7) is 0.402. The average molecular weight is 367 g/mol. The Hall–Kier alpha value is -2.18. The Bertz CT molecular complexity index is 710. The highest BCUT2D eigenvalue weighted by Gasteiger charge is 2.05. The lowest BCUT2D eigenvalue weighted by molar-refractivity contribution is -0.119. The summed E-state index contributed by atoms with van der Waals surface area (Å²) in [5, 5.41) is 6.06. The molecule has 0 spiro atoms. The maximum Gasteiger partial charge on any atom is 0.226 e. The molecular weight excluding hydrogens is 351 g/mol. The predicted molar refractivity (Wildman–Crippen MR) is 96.9 cm³/mol. The van der Waals surface area contributed by atoms with Crippen molar-refractivity contribution in [2.75, 3.05) is 11.9 Å². The van der Waals surface area contributed by atoms with Crippen molar-refractivity contribution in [1.82, 2.24) is 5.32 Å². The molecule has 1 amide bonds. The summed E-state index contributed by atoms with van der Waals surface area (Å²) < 4.78 is 18.6. The number of carbonyl (C=O) groups excluding carboxylic acids is 1. The average Bonchev–Trinajstić information content (AvgIpc) is 2.53. The minimum atomic E-state index is -0.381. The number of rotatable bonds is 6. The molecule has 0 bridgehead atoms. The fourth-order valence-corrected chi connectivity index (χ4v) is 2.23. The molecule has 126 valence electrons. The van der Waals surface area contributed by atoms with Crippen molar-refractivity contribution in [2.24, 2.45) is 0 Å². The summed E-state index contributed by atoms with van der Waals surface area (Å²) in [6.07, 6.45) is 0.801. The zero-order chi connectivity index (χ0) is 17.4. The first-order chi connectivity index (χ1) is 11.5. The zero-order valence-corrected chi connectivity index (χ0v) is 14.3. The quantitative estimate of drug-likeness (QED) is 0.595. The highest BCUT2D eigenvalue weighted by molar-refractivity contribution is 7.80. The lowest BCUT2D eigenvalue weighted by atomic mass is 10.3. The number of anilines is 1. The third-order valence-corrected chi connectivity index (χ3v) is 3.42. The first-order valence-corrected chi connectivity index (χ1v) is 8.06. The second-order valence-corrected chi connectivity index (χ2v) is 5.76. The van der Waals surface area contributed by atoms with Gasteiger partial charge < -0.3 is 15.4 Å². The van der Waals surface area contributed by atoms with Crippen LogP contribution in [-0.4, -0.2) is 17.6 Å². The van der Waals surface area contributed by atoms with Crippen molar-refractivity contribution < 1.29 is 13.9 Å². The maximum atomic E-state index is 13.1. The van der Waals surface area contributed by atoms with Gasteiger partial charge in [-0.3, -0.25) is 4.79 Å². The standard InChI is InChI=1S/C17H16ClFN2O2S/c18-12-6-8-15(9-7-12)23-10-2-5-16(22)21-17(24)20-14-4-1-3-13(19)11-14/h1,3-4,6-9,11H,2,5,10H2,(H2,20,21,22,24). The molecule has 0 aliphatic rings. The largest absolute Gasteiger partial charge is 0.494 e. The van der Waals surface area contributed by atoms with Crippen molar-refractivity contribution in [3.63, 3.8) is 0 Å². The molecule has 2 N–H and O–H groups in total. The van der Waals surface area contributed by atoms with Gasteiger partial charge in [0.25, 0.3) is 0 Å². The van der Waals surface area contributed by atoms with Crippen LogP contribution in [-0.2, 0) is 4.79 Å². The summed E-state index contributed by atoms with van der Waals surface area (Å²) >= 11 is 10.8. The lowest BCUT2D eigenvalue weighted by Crippen LogP contribution is -2.34. The minimum Gasteiger partial charge on any atom is -0.494 e. The van der Waals surface area contributed by atoms with Crippen LogP contribution in [0, 0.1) is 5.82 Å². The van der Waals surface area contributed by atoms with Gasteiger partial charge in [-0.25, -0.2) is 4.39 Å². The number of nitrogens with one attached hydrogen (secondary N) is 2. The predicted octanol–water partition coefficient (Wildman–Crippen LogP) is 4.15. The highest BCUT2D eigenvalue weighted by Crippen LogP contribution is 2.15. The van der Waals surface area contributed by atoms with Crippen LogP contribution in [0.2, 0.25) is 5.02 Å². The van der Waals surface area contributed by atoms with Crippen molar-refractivity contribution >= 4 is 40.5 Å². The topological polar surface area (TPSA) is 50.4 Å². The molecule has 0 unspecified atom stereocenters. The number of hydrogen-bond donors (Lipinski definition) is 2. The van der Waals surface area contributed by atoms with E-state index in [9.17, 15) is 9.18 Å². The van der Waals surface area contributed by atoms with Crippen molar-refractivity contribution in [3.8, 4) is 5.75 Å². The first kappa shape index (κ1) is 18.2. The van der Waals surface area contributed by atoms with Crippen molar-refractivity contribution in [3.05, 3.63) is 59.4 Å². The van der Waals surface area contributed by atoms with E-state index in [0.717, 1.165) is 0 Å². The van der Waals surface area contributed by atoms with Gasteiger partial charge in [0.1, 0.15) is 11.6 Å². The van der Waals surface area contributed by atoms with E-state index in [-0.39, 0.29) is 23.3 Å². The number of hydrogen-bond acceptors (Lipinski definition) is 3. The van der Waals surface area contributed by atoms with Crippen LogP contribution in [0.4, 0.5) is 10.1 Å². The zero-order valence-electron chi connectivity index (χ0n) is 12.7. The minimum absolute atomic E-state index is 0.129. The Morgan fingerprint density at radius 2 is 1.96 bits per heavy atom. The van der Waals surface area contributed by atoms with E-state index in [4.69, 9.17) is 28.6 Å². The molecule has 2 aromatic carbocycles. The van der Waals surface area contributed by atoms with Crippen LogP contribution in [0.3, 0.4) is 0 Å². The normalized spacial score (nSPS) is 10.1. The van der Waals surface area contributed by atoms with E-state index in [1.807, 2.05) is 0 Å². The van der Waals surface area contributed by atoms with Gasteiger partial charge in [-0.15, -0.1) is 0 Å². The van der Waals surface area contributed by atoms with Crippen molar-refractivity contribution in [1.29, 1.82) is 0 Å². The molecule has 0 aromatic heterocycles. The molecule has 0 atom stereocenters. The van der Waals surface area contributed by atoms with Crippen LogP contribution in [0.1, 0.15) is 12.8 Å². The Morgan fingerprint density at radius 3 is 2.67 bits per heavy atom. The molecule has 2 aromatic rings. The van der Waals surface area contributed by atoms with Gasteiger partial charge in [-0.1, -0.05) is 17.7 Å². The van der Waals surface area contributed by atoms with E-state index < -0.39 is 0 Å². The molecule has 0 fully saturated rings. The lowest BCUT2D eigenvalue weighted by Gasteiger charge is -2.10. The number of amides is 1. The second-order valence-electron chi connectivity index (χ2n) is 4.92. The molecule has 7 heteroatoms.